The van der Waals surface area contributed by atoms with E-state index in [-0.39, 0.29) is 0 Å². The van der Waals surface area contributed by atoms with Gasteiger partial charge in [0.15, 0.2) is 0 Å². The average Bonchev–Trinajstić information content (AvgIpc) is 2.40. The van der Waals surface area contributed by atoms with E-state index in [1.54, 1.807) is 0 Å². The topological polar surface area (TPSA) is 21.3 Å². The summed E-state index contributed by atoms with van der Waals surface area (Å²) in [6, 6.07) is 6.47. The molecule has 2 nitrogen and oxygen atoms in total. The molecule has 1 N–H and O–H groups in total. The van der Waals surface area contributed by atoms with E-state index >= 15 is 0 Å². The molecule has 1 aliphatic rings. The van der Waals surface area contributed by atoms with Gasteiger partial charge in [0.1, 0.15) is 12.4 Å². The Balaban J connectivity index is 1.69. The standard InChI is InChI=1S/C15H22ClNO/c1-12-7-8-13(16)11-15(12)18-10-9-17-14-5-3-2-4-6-14/h7-8,11,14,17H,2-6,9-10H2,1H3. The van der Waals surface area contributed by atoms with E-state index in [1.807, 2.05) is 25.1 Å². The summed E-state index contributed by atoms with van der Waals surface area (Å²) in [5.74, 6) is 0.896. The Morgan fingerprint density at radius 3 is 2.83 bits per heavy atom. The van der Waals surface area contributed by atoms with Crippen molar-refractivity contribution in [2.45, 2.75) is 45.1 Å². The Kier molecular flexibility index (Phi) is 5.33. The zero-order chi connectivity index (χ0) is 12.8. The first-order valence-electron chi connectivity index (χ1n) is 6.88. The van der Waals surface area contributed by atoms with Gasteiger partial charge in [0.05, 0.1) is 0 Å². The maximum atomic E-state index is 5.96. The molecule has 0 aliphatic heterocycles. The Labute approximate surface area is 115 Å². The maximum Gasteiger partial charge on any atom is 0.123 e. The number of ether oxygens (including phenoxy) is 1. The molecular weight excluding hydrogens is 246 g/mol. The zero-order valence-electron chi connectivity index (χ0n) is 11.0. The van der Waals surface area contributed by atoms with Crippen LogP contribution in [-0.2, 0) is 0 Å². The van der Waals surface area contributed by atoms with Crippen molar-refractivity contribution >= 4 is 11.6 Å². The quantitative estimate of drug-likeness (QED) is 0.816. The molecule has 0 heterocycles. The van der Waals surface area contributed by atoms with Crippen LogP contribution in [0, 0.1) is 6.92 Å². The molecule has 1 aromatic carbocycles. The second kappa shape index (κ2) is 7.01. The number of aryl methyl sites for hydroxylation is 1. The molecule has 18 heavy (non-hydrogen) atoms. The maximum absolute atomic E-state index is 5.96. The van der Waals surface area contributed by atoms with Gasteiger partial charge in [-0.05, 0) is 37.5 Å². The fraction of sp³-hybridized carbons (Fsp3) is 0.600. The van der Waals surface area contributed by atoms with E-state index < -0.39 is 0 Å². The number of halogens is 1. The molecule has 0 bridgehead atoms. The smallest absolute Gasteiger partial charge is 0.123 e. The third kappa shape index (κ3) is 4.18. The fourth-order valence-corrected chi connectivity index (χ4v) is 2.62. The SMILES string of the molecule is Cc1ccc(Cl)cc1OCCNC1CCCCC1. The predicted molar refractivity (Wildman–Crippen MR) is 76.6 cm³/mol. The normalized spacial score (nSPS) is 16.8. The second-order valence-electron chi connectivity index (χ2n) is 5.05. The van der Waals surface area contributed by atoms with Gasteiger partial charge < -0.3 is 10.1 Å². The van der Waals surface area contributed by atoms with Crippen molar-refractivity contribution < 1.29 is 4.74 Å². The fourth-order valence-electron chi connectivity index (χ4n) is 2.46. The van der Waals surface area contributed by atoms with Crippen molar-refractivity contribution in [2.75, 3.05) is 13.2 Å². The summed E-state index contributed by atoms with van der Waals surface area (Å²) >= 11 is 5.96. The van der Waals surface area contributed by atoms with Gasteiger partial charge in [-0.25, -0.2) is 0 Å². The first kappa shape index (κ1) is 13.7. The molecule has 0 saturated heterocycles. The van der Waals surface area contributed by atoms with Crippen molar-refractivity contribution in [3.63, 3.8) is 0 Å². The average molecular weight is 268 g/mol. The van der Waals surface area contributed by atoms with Gasteiger partial charge in [-0.3, -0.25) is 0 Å². The van der Waals surface area contributed by atoms with Crippen LogP contribution in [0.15, 0.2) is 18.2 Å². The number of benzene rings is 1. The molecule has 1 saturated carbocycles. The Morgan fingerprint density at radius 1 is 1.28 bits per heavy atom. The minimum absolute atomic E-state index is 0.697. The molecule has 0 atom stereocenters. The van der Waals surface area contributed by atoms with Gasteiger partial charge in [0.25, 0.3) is 0 Å². The Hall–Kier alpha value is -0.730. The first-order valence-corrected chi connectivity index (χ1v) is 7.26. The van der Waals surface area contributed by atoms with Crippen LogP contribution < -0.4 is 10.1 Å². The molecule has 0 unspecified atom stereocenters. The van der Waals surface area contributed by atoms with Crippen LogP contribution in [0.2, 0.25) is 5.02 Å². The van der Waals surface area contributed by atoms with Gasteiger partial charge in [0.2, 0.25) is 0 Å². The van der Waals surface area contributed by atoms with Gasteiger partial charge in [0, 0.05) is 17.6 Å². The second-order valence-corrected chi connectivity index (χ2v) is 5.48. The van der Waals surface area contributed by atoms with Crippen LogP contribution in [0.4, 0.5) is 0 Å². The minimum Gasteiger partial charge on any atom is -0.492 e. The number of hydrogen-bond acceptors (Lipinski definition) is 2. The molecule has 0 spiro atoms. The van der Waals surface area contributed by atoms with Crippen molar-refractivity contribution in [3.8, 4) is 5.75 Å². The van der Waals surface area contributed by atoms with Crippen molar-refractivity contribution in [1.82, 2.24) is 5.32 Å². The van der Waals surface area contributed by atoms with E-state index in [0.29, 0.717) is 12.6 Å². The third-order valence-electron chi connectivity index (χ3n) is 3.55. The highest BCUT2D eigenvalue weighted by Crippen LogP contribution is 2.22. The lowest BCUT2D eigenvalue weighted by atomic mass is 9.96. The zero-order valence-corrected chi connectivity index (χ0v) is 11.8. The molecule has 1 aliphatic carbocycles. The van der Waals surface area contributed by atoms with E-state index in [9.17, 15) is 0 Å². The summed E-state index contributed by atoms with van der Waals surface area (Å²) in [7, 11) is 0. The minimum atomic E-state index is 0.697. The third-order valence-corrected chi connectivity index (χ3v) is 3.78. The van der Waals surface area contributed by atoms with Crippen LogP contribution in [0.25, 0.3) is 0 Å². The highest BCUT2D eigenvalue weighted by Gasteiger charge is 2.11. The van der Waals surface area contributed by atoms with Crippen molar-refractivity contribution in [2.24, 2.45) is 0 Å². The van der Waals surface area contributed by atoms with E-state index in [0.717, 1.165) is 22.9 Å². The molecule has 2 rings (SSSR count). The van der Waals surface area contributed by atoms with Gasteiger partial charge in [-0.15, -0.1) is 0 Å². The molecule has 3 heteroatoms. The van der Waals surface area contributed by atoms with Crippen LogP contribution in [0.3, 0.4) is 0 Å². The highest BCUT2D eigenvalue weighted by atomic mass is 35.5. The lowest BCUT2D eigenvalue weighted by Gasteiger charge is -2.22. The van der Waals surface area contributed by atoms with Crippen LogP contribution in [0.5, 0.6) is 5.75 Å². The molecule has 0 amide bonds. The number of nitrogens with one attached hydrogen (secondary N) is 1. The van der Waals surface area contributed by atoms with E-state index in [4.69, 9.17) is 16.3 Å². The molecule has 1 aromatic rings. The van der Waals surface area contributed by atoms with Gasteiger partial charge in [-0.2, -0.15) is 0 Å². The van der Waals surface area contributed by atoms with E-state index in [1.165, 1.54) is 32.1 Å². The summed E-state index contributed by atoms with van der Waals surface area (Å²) in [4.78, 5) is 0. The number of hydrogen-bond donors (Lipinski definition) is 1. The van der Waals surface area contributed by atoms with Crippen LogP contribution in [0.1, 0.15) is 37.7 Å². The number of rotatable bonds is 5. The molecular formula is C15H22ClNO. The van der Waals surface area contributed by atoms with Crippen LogP contribution >= 0.6 is 11.6 Å². The van der Waals surface area contributed by atoms with E-state index in [2.05, 4.69) is 5.32 Å². The first-order chi connectivity index (χ1) is 8.75. The van der Waals surface area contributed by atoms with Crippen LogP contribution in [-0.4, -0.2) is 19.2 Å². The lowest BCUT2D eigenvalue weighted by Crippen LogP contribution is -2.34. The highest BCUT2D eigenvalue weighted by molar-refractivity contribution is 6.30. The largest absolute Gasteiger partial charge is 0.492 e. The molecule has 0 aromatic heterocycles. The monoisotopic (exact) mass is 267 g/mol. The van der Waals surface area contributed by atoms with Crippen molar-refractivity contribution in [3.05, 3.63) is 28.8 Å². The van der Waals surface area contributed by atoms with Gasteiger partial charge in [-0.1, -0.05) is 36.9 Å². The predicted octanol–water partition coefficient (Wildman–Crippen LogP) is 3.95. The molecule has 100 valence electrons. The Morgan fingerprint density at radius 2 is 2.06 bits per heavy atom. The van der Waals surface area contributed by atoms with Gasteiger partial charge >= 0.3 is 0 Å². The summed E-state index contributed by atoms with van der Waals surface area (Å²) in [6.07, 6.45) is 6.76. The summed E-state index contributed by atoms with van der Waals surface area (Å²) in [5.41, 5.74) is 1.14. The Bertz CT molecular complexity index is 375. The lowest BCUT2D eigenvalue weighted by molar-refractivity contribution is 0.288. The van der Waals surface area contributed by atoms with Crippen molar-refractivity contribution in [1.29, 1.82) is 0 Å². The summed E-state index contributed by atoms with van der Waals surface area (Å²) in [6.45, 7) is 3.66. The molecule has 0 radical (unpaired) electrons. The molecule has 1 fully saturated rings. The summed E-state index contributed by atoms with van der Waals surface area (Å²) in [5, 5.41) is 4.30. The summed E-state index contributed by atoms with van der Waals surface area (Å²) < 4.78 is 5.76.